The number of hydrogen-bond donors (Lipinski definition) is 4. The molecule has 5 aliphatic rings. The Balaban J connectivity index is 0.975. The summed E-state index contributed by atoms with van der Waals surface area (Å²) in [6.07, 6.45) is 7.34. The number of nitrogens with one attached hydrogen (secondary N) is 4. The molecule has 2 aromatic rings. The number of piperidine rings is 1. The highest BCUT2D eigenvalue weighted by atomic mass is 16.6. The highest BCUT2D eigenvalue weighted by Gasteiger charge is 2.58. The lowest BCUT2D eigenvalue weighted by molar-refractivity contribution is 0.0858. The maximum Gasteiger partial charge on any atom is 0.140 e. The maximum atomic E-state index is 6.02. The largest absolute Gasteiger partial charge is 0.375 e. The van der Waals surface area contributed by atoms with E-state index in [9.17, 15) is 0 Å². The van der Waals surface area contributed by atoms with E-state index in [1.807, 2.05) is 0 Å². The van der Waals surface area contributed by atoms with Crippen LogP contribution in [0.3, 0.4) is 0 Å². The molecule has 4 aliphatic heterocycles. The molecule has 0 aromatic heterocycles. The number of nitrogens with zero attached hydrogens (tertiary/aromatic N) is 1. The summed E-state index contributed by atoms with van der Waals surface area (Å²) < 4.78 is 11.9. The van der Waals surface area contributed by atoms with Gasteiger partial charge in [0.1, 0.15) is 18.5 Å². The molecule has 174 valence electrons. The molecule has 4 N–H and O–H groups in total. The molecule has 33 heavy (non-hydrogen) atoms. The Morgan fingerprint density at radius 1 is 0.909 bits per heavy atom. The molecule has 4 heterocycles. The number of benzene rings is 2. The standard InChI is InChI=1S/C26H33N5O2/c1-3-19(15-20(4-1)24-27-29-30-28-24)17-6-8-18(9-7-17)21-16-26(21)10-12-31(13-11-26)25-23(33-25)22-5-2-14-32-22/h1,3-4,6-9,15,21-25,27-30H,2,5,10-14,16H2. The Bertz CT molecular complexity index is 994. The lowest BCUT2D eigenvalue weighted by Crippen LogP contribution is -2.39. The number of epoxide rings is 1. The molecular formula is C26H33N5O2. The minimum absolute atomic E-state index is 0.0587. The molecule has 4 saturated heterocycles. The Labute approximate surface area is 195 Å². The number of hydrogen-bond acceptors (Lipinski definition) is 7. The Kier molecular flexibility index (Phi) is 5.06. The quantitative estimate of drug-likeness (QED) is 0.525. The first-order valence-electron chi connectivity index (χ1n) is 12.5. The second-order valence-electron chi connectivity index (χ2n) is 10.4. The molecule has 1 spiro atoms. The van der Waals surface area contributed by atoms with Gasteiger partial charge >= 0.3 is 0 Å². The van der Waals surface area contributed by atoms with Crippen LogP contribution >= 0.6 is 0 Å². The fraction of sp³-hybridized carbons (Fsp3) is 0.538. The van der Waals surface area contributed by atoms with Gasteiger partial charge in [0.15, 0.2) is 0 Å². The lowest BCUT2D eigenvalue weighted by atomic mass is 9.88. The van der Waals surface area contributed by atoms with Crippen LogP contribution < -0.4 is 21.9 Å². The first-order chi connectivity index (χ1) is 16.3. The van der Waals surface area contributed by atoms with E-state index in [1.165, 1.54) is 67.4 Å². The van der Waals surface area contributed by atoms with Crippen LogP contribution in [0.4, 0.5) is 0 Å². The molecule has 4 unspecified atom stereocenters. The Morgan fingerprint density at radius 2 is 1.73 bits per heavy atom. The van der Waals surface area contributed by atoms with Gasteiger partial charge in [0.05, 0.1) is 6.10 Å². The second kappa shape index (κ2) is 8.13. The van der Waals surface area contributed by atoms with Crippen molar-refractivity contribution in [1.82, 2.24) is 26.8 Å². The zero-order valence-corrected chi connectivity index (χ0v) is 18.9. The van der Waals surface area contributed by atoms with Crippen LogP contribution in [0.1, 0.15) is 55.3 Å². The molecule has 0 radical (unpaired) electrons. The third kappa shape index (κ3) is 3.82. The Hall–Kier alpha value is -1.84. The minimum atomic E-state index is 0.0587. The summed E-state index contributed by atoms with van der Waals surface area (Å²) in [5.41, 5.74) is 17.8. The smallest absolute Gasteiger partial charge is 0.140 e. The molecule has 7 heteroatoms. The van der Waals surface area contributed by atoms with E-state index in [0.717, 1.165) is 12.5 Å². The van der Waals surface area contributed by atoms with Gasteiger partial charge in [-0.2, -0.15) is 11.1 Å². The first-order valence-corrected chi connectivity index (χ1v) is 12.5. The topological polar surface area (TPSA) is 73.1 Å². The summed E-state index contributed by atoms with van der Waals surface area (Å²) in [4.78, 5) is 2.57. The van der Waals surface area contributed by atoms with Gasteiger partial charge in [0.2, 0.25) is 0 Å². The fourth-order valence-electron chi connectivity index (χ4n) is 6.36. The number of rotatable bonds is 5. The molecule has 1 saturated carbocycles. The van der Waals surface area contributed by atoms with Crippen LogP contribution in [0.15, 0.2) is 48.5 Å². The monoisotopic (exact) mass is 447 g/mol. The normalized spacial score (nSPS) is 33.6. The summed E-state index contributed by atoms with van der Waals surface area (Å²) in [6, 6.07) is 18.0. The van der Waals surface area contributed by atoms with E-state index in [-0.39, 0.29) is 6.17 Å². The van der Waals surface area contributed by atoms with Gasteiger partial charge in [0, 0.05) is 19.7 Å². The molecule has 0 amide bonds. The summed E-state index contributed by atoms with van der Waals surface area (Å²) in [6.45, 7) is 3.25. The van der Waals surface area contributed by atoms with Crippen molar-refractivity contribution in [2.75, 3.05) is 19.7 Å². The molecule has 7 nitrogen and oxygen atoms in total. The number of hydrazine groups is 3. The van der Waals surface area contributed by atoms with E-state index in [1.54, 1.807) is 0 Å². The van der Waals surface area contributed by atoms with Crippen LogP contribution in [0, 0.1) is 5.41 Å². The van der Waals surface area contributed by atoms with Gasteiger partial charge in [-0.3, -0.25) is 4.90 Å². The summed E-state index contributed by atoms with van der Waals surface area (Å²) in [7, 11) is 0. The molecular weight excluding hydrogens is 414 g/mol. The van der Waals surface area contributed by atoms with Crippen LogP contribution in [0.5, 0.6) is 0 Å². The second-order valence-corrected chi connectivity index (χ2v) is 10.4. The summed E-state index contributed by atoms with van der Waals surface area (Å²) >= 11 is 0. The van der Waals surface area contributed by atoms with Crippen molar-refractivity contribution in [3.8, 4) is 11.1 Å². The van der Waals surface area contributed by atoms with Crippen molar-refractivity contribution in [2.24, 2.45) is 5.41 Å². The van der Waals surface area contributed by atoms with Crippen molar-refractivity contribution < 1.29 is 9.47 Å². The van der Waals surface area contributed by atoms with Crippen molar-refractivity contribution >= 4 is 0 Å². The molecule has 7 rings (SSSR count). The highest BCUT2D eigenvalue weighted by molar-refractivity contribution is 5.65. The average molecular weight is 448 g/mol. The van der Waals surface area contributed by atoms with Gasteiger partial charge in [-0.25, -0.2) is 10.9 Å². The van der Waals surface area contributed by atoms with Crippen LogP contribution in [0.2, 0.25) is 0 Å². The molecule has 0 bridgehead atoms. The van der Waals surface area contributed by atoms with Crippen LogP contribution in [-0.4, -0.2) is 43.0 Å². The van der Waals surface area contributed by atoms with Gasteiger partial charge in [0.25, 0.3) is 0 Å². The Morgan fingerprint density at radius 3 is 2.48 bits per heavy atom. The fourth-order valence-corrected chi connectivity index (χ4v) is 6.36. The van der Waals surface area contributed by atoms with E-state index in [0.29, 0.717) is 23.9 Å². The molecule has 2 aromatic carbocycles. The van der Waals surface area contributed by atoms with E-state index in [2.05, 4.69) is 75.4 Å². The predicted octanol–water partition coefficient (Wildman–Crippen LogP) is 2.94. The minimum Gasteiger partial charge on any atom is -0.375 e. The SMILES string of the molecule is c1cc(-c2ccc(C3CC34CCN(C3OC3C3CCCO3)CC4)cc2)cc(C2NNNN2)c1. The predicted molar refractivity (Wildman–Crippen MR) is 125 cm³/mol. The van der Waals surface area contributed by atoms with Crippen molar-refractivity contribution in [3.63, 3.8) is 0 Å². The molecule has 5 fully saturated rings. The van der Waals surface area contributed by atoms with Crippen molar-refractivity contribution in [3.05, 3.63) is 59.7 Å². The zero-order chi connectivity index (χ0) is 21.8. The summed E-state index contributed by atoms with van der Waals surface area (Å²) in [5.74, 6) is 0.721. The van der Waals surface area contributed by atoms with E-state index in [4.69, 9.17) is 9.47 Å². The number of ether oxygens (including phenoxy) is 2. The van der Waals surface area contributed by atoms with Crippen molar-refractivity contribution in [1.29, 1.82) is 0 Å². The van der Waals surface area contributed by atoms with Gasteiger partial charge in [-0.1, -0.05) is 42.5 Å². The third-order valence-electron chi connectivity index (χ3n) is 8.54. The van der Waals surface area contributed by atoms with Crippen LogP contribution in [-0.2, 0) is 9.47 Å². The molecule has 4 atom stereocenters. The van der Waals surface area contributed by atoms with Crippen molar-refractivity contribution in [2.45, 2.75) is 62.6 Å². The van der Waals surface area contributed by atoms with Gasteiger partial charge in [-0.15, -0.1) is 0 Å². The highest BCUT2D eigenvalue weighted by Crippen LogP contribution is 2.65. The average Bonchev–Trinajstić information content (AvgIpc) is 3.60. The lowest BCUT2D eigenvalue weighted by Gasteiger charge is -2.32. The molecule has 1 aliphatic carbocycles. The van der Waals surface area contributed by atoms with E-state index >= 15 is 0 Å². The van der Waals surface area contributed by atoms with Gasteiger partial charge < -0.3 is 9.47 Å². The maximum absolute atomic E-state index is 6.02. The van der Waals surface area contributed by atoms with Gasteiger partial charge in [-0.05, 0) is 71.8 Å². The number of likely N-dealkylation sites (tertiary alicyclic amines) is 1. The van der Waals surface area contributed by atoms with E-state index < -0.39 is 0 Å². The zero-order valence-electron chi connectivity index (χ0n) is 18.9. The van der Waals surface area contributed by atoms with Crippen LogP contribution in [0.25, 0.3) is 11.1 Å². The summed E-state index contributed by atoms with van der Waals surface area (Å²) in [5, 5.41) is 0. The third-order valence-corrected chi connectivity index (χ3v) is 8.54. The first kappa shape index (κ1) is 20.5.